The molecule has 0 spiro atoms. The van der Waals surface area contributed by atoms with E-state index in [1.807, 2.05) is 0 Å². The van der Waals surface area contributed by atoms with E-state index in [0.29, 0.717) is 0 Å². The molecular weight excluding hydrogens is 196 g/mol. The average Bonchev–Trinajstić information content (AvgIpc) is 2.31. The summed E-state index contributed by atoms with van der Waals surface area (Å²) < 4.78 is 0. The minimum absolute atomic E-state index is 0.732. The van der Waals surface area contributed by atoms with E-state index in [2.05, 4.69) is 31.0 Å². The zero-order valence-corrected chi connectivity index (χ0v) is 11.2. The molecule has 0 aromatic heterocycles. The molecule has 0 radical (unpaired) electrons. The molecule has 2 rings (SSSR count). The van der Waals surface area contributed by atoms with Crippen molar-refractivity contribution in [3.05, 3.63) is 0 Å². The Balaban J connectivity index is 1.90. The van der Waals surface area contributed by atoms with Crippen molar-refractivity contribution in [3.8, 4) is 0 Å². The maximum atomic E-state index is 3.65. The van der Waals surface area contributed by atoms with E-state index in [0.717, 1.165) is 24.0 Å². The smallest absolute Gasteiger partial charge is 0.0196 e. The second-order valence-corrected chi connectivity index (χ2v) is 5.97. The molecule has 0 bridgehead atoms. The zero-order chi connectivity index (χ0) is 11.5. The summed E-state index contributed by atoms with van der Waals surface area (Å²) in [5.74, 6) is 0.969. The molecule has 2 nitrogen and oxygen atoms in total. The third-order valence-corrected chi connectivity index (χ3v) is 4.65. The molecule has 2 unspecified atom stereocenters. The van der Waals surface area contributed by atoms with Gasteiger partial charge in [0.15, 0.2) is 0 Å². The van der Waals surface area contributed by atoms with E-state index in [1.165, 1.54) is 45.2 Å². The van der Waals surface area contributed by atoms with Crippen LogP contribution in [0.15, 0.2) is 0 Å². The first-order chi connectivity index (χ1) is 7.70. The summed E-state index contributed by atoms with van der Waals surface area (Å²) in [6.45, 7) is 9.55. The lowest BCUT2D eigenvalue weighted by Crippen LogP contribution is -2.58. The van der Waals surface area contributed by atoms with Gasteiger partial charge >= 0.3 is 0 Å². The first kappa shape index (κ1) is 12.4. The van der Waals surface area contributed by atoms with Crippen molar-refractivity contribution in [1.29, 1.82) is 0 Å². The summed E-state index contributed by atoms with van der Waals surface area (Å²) in [5, 5.41) is 3.65. The molecule has 1 N–H and O–H groups in total. The molecule has 1 aliphatic heterocycles. The van der Waals surface area contributed by atoms with E-state index in [9.17, 15) is 0 Å². The van der Waals surface area contributed by atoms with Crippen molar-refractivity contribution in [2.45, 2.75) is 71.0 Å². The molecule has 0 aromatic carbocycles. The molecule has 2 aliphatic rings. The van der Waals surface area contributed by atoms with E-state index in [1.54, 1.807) is 0 Å². The quantitative estimate of drug-likeness (QED) is 0.776. The SMILES string of the molecule is CCC1CN(C2CCC(C)CC2)C(C)CN1. The second kappa shape index (κ2) is 5.50. The summed E-state index contributed by atoms with van der Waals surface area (Å²) in [6.07, 6.45) is 7.02. The molecule has 1 saturated carbocycles. The van der Waals surface area contributed by atoms with Crippen molar-refractivity contribution in [2.75, 3.05) is 13.1 Å². The number of hydrogen-bond acceptors (Lipinski definition) is 2. The van der Waals surface area contributed by atoms with Gasteiger partial charge in [0.1, 0.15) is 0 Å². The Hall–Kier alpha value is -0.0800. The van der Waals surface area contributed by atoms with Gasteiger partial charge in [-0.25, -0.2) is 0 Å². The lowest BCUT2D eigenvalue weighted by Gasteiger charge is -2.45. The van der Waals surface area contributed by atoms with Crippen LogP contribution in [0.3, 0.4) is 0 Å². The molecule has 16 heavy (non-hydrogen) atoms. The lowest BCUT2D eigenvalue weighted by atomic mass is 9.85. The van der Waals surface area contributed by atoms with E-state index >= 15 is 0 Å². The van der Waals surface area contributed by atoms with Gasteiger partial charge < -0.3 is 5.32 Å². The topological polar surface area (TPSA) is 15.3 Å². The fraction of sp³-hybridized carbons (Fsp3) is 1.00. The molecule has 2 atom stereocenters. The van der Waals surface area contributed by atoms with Crippen LogP contribution in [0.2, 0.25) is 0 Å². The maximum absolute atomic E-state index is 3.65. The third-order valence-electron chi connectivity index (χ3n) is 4.65. The predicted octanol–water partition coefficient (Wildman–Crippen LogP) is 2.64. The summed E-state index contributed by atoms with van der Waals surface area (Å²) in [4.78, 5) is 2.79. The Kier molecular flexibility index (Phi) is 4.26. The van der Waals surface area contributed by atoms with Crippen molar-refractivity contribution < 1.29 is 0 Å². The summed E-state index contributed by atoms with van der Waals surface area (Å²) >= 11 is 0. The Morgan fingerprint density at radius 1 is 1.12 bits per heavy atom. The van der Waals surface area contributed by atoms with Crippen LogP contribution in [0.5, 0.6) is 0 Å². The van der Waals surface area contributed by atoms with Crippen molar-refractivity contribution in [1.82, 2.24) is 10.2 Å². The van der Waals surface area contributed by atoms with Gasteiger partial charge in [-0.2, -0.15) is 0 Å². The minimum Gasteiger partial charge on any atom is -0.311 e. The molecule has 0 amide bonds. The van der Waals surface area contributed by atoms with Gasteiger partial charge in [0, 0.05) is 31.2 Å². The molecule has 94 valence electrons. The van der Waals surface area contributed by atoms with Crippen molar-refractivity contribution in [2.24, 2.45) is 5.92 Å². The van der Waals surface area contributed by atoms with E-state index in [4.69, 9.17) is 0 Å². The highest BCUT2D eigenvalue weighted by atomic mass is 15.2. The molecule has 1 heterocycles. The lowest BCUT2D eigenvalue weighted by molar-refractivity contribution is 0.0616. The van der Waals surface area contributed by atoms with Crippen LogP contribution in [-0.2, 0) is 0 Å². The molecule has 1 aliphatic carbocycles. The molecule has 2 fully saturated rings. The average molecular weight is 224 g/mol. The van der Waals surface area contributed by atoms with Crippen molar-refractivity contribution >= 4 is 0 Å². The van der Waals surface area contributed by atoms with Gasteiger partial charge in [0.25, 0.3) is 0 Å². The monoisotopic (exact) mass is 224 g/mol. The highest BCUT2D eigenvalue weighted by Crippen LogP contribution is 2.29. The Morgan fingerprint density at radius 2 is 1.81 bits per heavy atom. The van der Waals surface area contributed by atoms with Crippen molar-refractivity contribution in [3.63, 3.8) is 0 Å². The fourth-order valence-corrected chi connectivity index (χ4v) is 3.31. The summed E-state index contributed by atoms with van der Waals surface area (Å²) in [7, 11) is 0. The first-order valence-electron chi connectivity index (χ1n) is 7.19. The number of nitrogens with zero attached hydrogens (tertiary/aromatic N) is 1. The number of rotatable bonds is 2. The van der Waals surface area contributed by atoms with Gasteiger partial charge in [-0.15, -0.1) is 0 Å². The largest absolute Gasteiger partial charge is 0.311 e. The molecular formula is C14H28N2. The number of piperazine rings is 1. The van der Waals surface area contributed by atoms with Crippen LogP contribution in [0.25, 0.3) is 0 Å². The molecule has 0 aromatic rings. The summed E-state index contributed by atoms with van der Waals surface area (Å²) in [5.41, 5.74) is 0. The van der Waals surface area contributed by atoms with Gasteiger partial charge in [0.05, 0.1) is 0 Å². The first-order valence-corrected chi connectivity index (χ1v) is 7.19. The van der Waals surface area contributed by atoms with Crippen LogP contribution < -0.4 is 5.32 Å². The maximum Gasteiger partial charge on any atom is 0.0196 e. The number of hydrogen-bond donors (Lipinski definition) is 1. The van der Waals surface area contributed by atoms with E-state index in [-0.39, 0.29) is 0 Å². The Labute approximate surface area is 101 Å². The Morgan fingerprint density at radius 3 is 2.44 bits per heavy atom. The van der Waals surface area contributed by atoms with Gasteiger partial charge in [-0.05, 0) is 44.9 Å². The zero-order valence-electron chi connectivity index (χ0n) is 11.2. The van der Waals surface area contributed by atoms with Crippen LogP contribution in [0, 0.1) is 5.92 Å². The van der Waals surface area contributed by atoms with Gasteiger partial charge in [-0.1, -0.05) is 13.8 Å². The second-order valence-electron chi connectivity index (χ2n) is 5.97. The van der Waals surface area contributed by atoms with Crippen LogP contribution in [0.4, 0.5) is 0 Å². The van der Waals surface area contributed by atoms with Crippen LogP contribution in [0.1, 0.15) is 52.9 Å². The van der Waals surface area contributed by atoms with Gasteiger partial charge in [0.2, 0.25) is 0 Å². The highest BCUT2D eigenvalue weighted by Gasteiger charge is 2.31. The Bertz CT molecular complexity index is 209. The third kappa shape index (κ3) is 2.78. The summed E-state index contributed by atoms with van der Waals surface area (Å²) in [6, 6.07) is 2.35. The fourth-order valence-electron chi connectivity index (χ4n) is 3.31. The van der Waals surface area contributed by atoms with Crippen LogP contribution >= 0.6 is 0 Å². The normalized spacial score (nSPS) is 42.2. The predicted molar refractivity (Wildman–Crippen MR) is 69.7 cm³/mol. The molecule has 1 saturated heterocycles. The standard InChI is InChI=1S/C14H28N2/c1-4-13-10-16(12(3)9-15-13)14-7-5-11(2)6-8-14/h11-15H,4-10H2,1-3H3. The minimum atomic E-state index is 0.732. The van der Waals surface area contributed by atoms with Gasteiger partial charge in [-0.3, -0.25) is 4.90 Å². The number of nitrogens with one attached hydrogen (secondary N) is 1. The highest BCUT2D eigenvalue weighted by molar-refractivity contribution is 4.89. The van der Waals surface area contributed by atoms with Crippen LogP contribution in [-0.4, -0.2) is 36.1 Å². The molecule has 2 heteroatoms. The van der Waals surface area contributed by atoms with E-state index < -0.39 is 0 Å².